The topological polar surface area (TPSA) is 66.5 Å². The summed E-state index contributed by atoms with van der Waals surface area (Å²) < 4.78 is 28.2. The first kappa shape index (κ1) is 18.1. The summed E-state index contributed by atoms with van der Waals surface area (Å²) in [7, 11) is -3.55. The SMILES string of the molecule is CC(=O)N1CCc2sc(S(=O)(=O)NCc3ccc(C)c(C)c3)cc2C1. The van der Waals surface area contributed by atoms with Crippen LogP contribution < -0.4 is 4.72 Å². The first-order chi connectivity index (χ1) is 11.8. The number of aryl methyl sites for hydroxylation is 2. The van der Waals surface area contributed by atoms with Gasteiger partial charge < -0.3 is 4.90 Å². The summed E-state index contributed by atoms with van der Waals surface area (Å²) >= 11 is 1.31. The van der Waals surface area contributed by atoms with Gasteiger partial charge in [-0.15, -0.1) is 11.3 Å². The third-order valence-corrected chi connectivity index (χ3v) is 7.70. The van der Waals surface area contributed by atoms with E-state index >= 15 is 0 Å². The highest BCUT2D eigenvalue weighted by atomic mass is 32.2. The quantitative estimate of drug-likeness (QED) is 0.890. The Morgan fingerprint density at radius 3 is 2.68 bits per heavy atom. The van der Waals surface area contributed by atoms with Gasteiger partial charge in [0.2, 0.25) is 15.9 Å². The lowest BCUT2D eigenvalue weighted by molar-refractivity contribution is -0.129. The number of hydrogen-bond donors (Lipinski definition) is 1. The van der Waals surface area contributed by atoms with E-state index in [4.69, 9.17) is 0 Å². The predicted octanol–water partition coefficient (Wildman–Crippen LogP) is 2.75. The largest absolute Gasteiger partial charge is 0.338 e. The summed E-state index contributed by atoms with van der Waals surface area (Å²) in [6.07, 6.45) is 0.715. The molecule has 0 fully saturated rings. The Morgan fingerprint density at radius 1 is 1.24 bits per heavy atom. The van der Waals surface area contributed by atoms with E-state index in [0.717, 1.165) is 21.6 Å². The van der Waals surface area contributed by atoms with Crippen molar-refractivity contribution in [1.82, 2.24) is 9.62 Å². The Balaban J connectivity index is 1.75. The van der Waals surface area contributed by atoms with Crippen LogP contribution in [0.1, 0.15) is 34.1 Å². The maximum atomic E-state index is 12.6. The smallest absolute Gasteiger partial charge is 0.250 e. The lowest BCUT2D eigenvalue weighted by Gasteiger charge is -2.25. The highest BCUT2D eigenvalue weighted by Crippen LogP contribution is 2.31. The van der Waals surface area contributed by atoms with E-state index in [0.29, 0.717) is 23.7 Å². The number of amides is 1. The van der Waals surface area contributed by atoms with Gasteiger partial charge in [-0.1, -0.05) is 18.2 Å². The molecule has 0 radical (unpaired) electrons. The average Bonchev–Trinajstić information content (AvgIpc) is 3.00. The van der Waals surface area contributed by atoms with E-state index in [1.807, 2.05) is 32.0 Å². The third kappa shape index (κ3) is 3.94. The molecule has 2 aromatic rings. The van der Waals surface area contributed by atoms with E-state index < -0.39 is 10.0 Å². The van der Waals surface area contributed by atoms with Gasteiger partial charge in [-0.25, -0.2) is 13.1 Å². The number of benzene rings is 1. The molecule has 0 saturated carbocycles. The average molecular weight is 379 g/mol. The zero-order chi connectivity index (χ0) is 18.2. The van der Waals surface area contributed by atoms with Crippen molar-refractivity contribution >= 4 is 27.3 Å². The molecular weight excluding hydrogens is 356 g/mol. The van der Waals surface area contributed by atoms with Crippen LogP contribution in [-0.4, -0.2) is 25.8 Å². The van der Waals surface area contributed by atoms with Crippen molar-refractivity contribution < 1.29 is 13.2 Å². The highest BCUT2D eigenvalue weighted by Gasteiger charge is 2.25. The number of nitrogens with one attached hydrogen (secondary N) is 1. The van der Waals surface area contributed by atoms with E-state index in [-0.39, 0.29) is 12.5 Å². The monoisotopic (exact) mass is 378 g/mol. The van der Waals surface area contributed by atoms with Gasteiger partial charge >= 0.3 is 0 Å². The van der Waals surface area contributed by atoms with Crippen LogP contribution in [0.3, 0.4) is 0 Å². The Bertz CT molecular complexity index is 916. The first-order valence-electron chi connectivity index (χ1n) is 8.19. The van der Waals surface area contributed by atoms with Crippen molar-refractivity contribution in [2.24, 2.45) is 0 Å². The highest BCUT2D eigenvalue weighted by molar-refractivity contribution is 7.91. The van der Waals surface area contributed by atoms with Crippen LogP contribution >= 0.6 is 11.3 Å². The summed E-state index contributed by atoms with van der Waals surface area (Å²) in [6.45, 7) is 7.00. The standard InChI is InChI=1S/C18H22N2O3S2/c1-12-4-5-15(8-13(12)2)10-19-25(22,23)18-9-16-11-20(14(3)21)7-6-17(16)24-18/h4-5,8-9,19H,6-7,10-11H2,1-3H3. The molecule has 0 saturated heterocycles. The molecule has 1 aliphatic rings. The number of rotatable bonds is 4. The Kier molecular flexibility index (Phi) is 4.99. The van der Waals surface area contributed by atoms with Crippen molar-refractivity contribution in [3.8, 4) is 0 Å². The summed E-state index contributed by atoms with van der Waals surface area (Å²) in [4.78, 5) is 14.3. The molecule has 0 unspecified atom stereocenters. The van der Waals surface area contributed by atoms with Gasteiger partial charge in [-0.2, -0.15) is 0 Å². The molecule has 3 rings (SSSR count). The van der Waals surface area contributed by atoms with Crippen LogP contribution in [0.5, 0.6) is 0 Å². The van der Waals surface area contributed by atoms with Gasteiger partial charge in [-0.3, -0.25) is 4.79 Å². The Morgan fingerprint density at radius 2 is 2.00 bits per heavy atom. The molecule has 1 aromatic heterocycles. The molecule has 0 atom stereocenters. The number of carbonyl (C=O) groups excluding carboxylic acids is 1. The molecule has 1 aliphatic heterocycles. The van der Waals surface area contributed by atoms with E-state index in [9.17, 15) is 13.2 Å². The first-order valence-corrected chi connectivity index (χ1v) is 10.5. The van der Waals surface area contributed by atoms with Crippen LogP contribution in [0.15, 0.2) is 28.5 Å². The Labute approximate surface area is 152 Å². The molecule has 1 amide bonds. The van der Waals surface area contributed by atoms with Crippen LogP contribution in [0.25, 0.3) is 0 Å². The second-order valence-corrected chi connectivity index (χ2v) is 9.58. The van der Waals surface area contributed by atoms with Crippen molar-refractivity contribution in [2.45, 2.75) is 44.5 Å². The van der Waals surface area contributed by atoms with Gasteiger partial charge in [0.1, 0.15) is 4.21 Å². The number of fused-ring (bicyclic) bond motifs is 1. The number of sulfonamides is 1. The maximum Gasteiger partial charge on any atom is 0.250 e. The van der Waals surface area contributed by atoms with E-state index in [1.54, 1.807) is 17.9 Å². The molecule has 25 heavy (non-hydrogen) atoms. The molecule has 0 spiro atoms. The maximum absolute atomic E-state index is 12.6. The van der Waals surface area contributed by atoms with E-state index in [2.05, 4.69) is 4.72 Å². The van der Waals surface area contributed by atoms with Crippen LogP contribution in [0.4, 0.5) is 0 Å². The number of thiophene rings is 1. The summed E-state index contributed by atoms with van der Waals surface area (Å²) in [5, 5.41) is 0. The normalized spacial score (nSPS) is 14.4. The second kappa shape index (κ2) is 6.90. The van der Waals surface area contributed by atoms with Gasteiger partial charge in [0.25, 0.3) is 0 Å². The third-order valence-electron chi connectivity index (χ3n) is 4.59. The van der Waals surface area contributed by atoms with Crippen molar-refractivity contribution in [2.75, 3.05) is 6.54 Å². The fourth-order valence-corrected chi connectivity index (χ4v) is 5.48. The molecule has 7 heteroatoms. The minimum Gasteiger partial charge on any atom is -0.338 e. The van der Waals surface area contributed by atoms with Crippen LogP contribution in [-0.2, 0) is 34.3 Å². The molecule has 5 nitrogen and oxygen atoms in total. The summed E-state index contributed by atoms with van der Waals surface area (Å²) in [5.41, 5.74) is 4.22. The number of hydrogen-bond acceptors (Lipinski definition) is 4. The molecule has 1 aromatic carbocycles. The Hall–Kier alpha value is -1.70. The molecule has 1 N–H and O–H groups in total. The fraction of sp³-hybridized carbons (Fsp3) is 0.389. The lowest BCUT2D eigenvalue weighted by atomic mass is 10.1. The molecule has 0 aliphatic carbocycles. The van der Waals surface area contributed by atoms with Gasteiger partial charge in [0.05, 0.1) is 0 Å². The summed E-state index contributed by atoms with van der Waals surface area (Å²) in [6, 6.07) is 7.65. The van der Waals surface area contributed by atoms with Crippen LogP contribution in [0.2, 0.25) is 0 Å². The molecule has 134 valence electrons. The van der Waals surface area contributed by atoms with E-state index in [1.165, 1.54) is 16.9 Å². The van der Waals surface area contributed by atoms with Gasteiger partial charge in [-0.05, 0) is 48.6 Å². The van der Waals surface area contributed by atoms with Crippen molar-refractivity contribution in [3.63, 3.8) is 0 Å². The summed E-state index contributed by atoms with van der Waals surface area (Å²) in [5.74, 6) is 0.0223. The molecular formula is C18H22N2O3S2. The van der Waals surface area contributed by atoms with Crippen molar-refractivity contribution in [3.05, 3.63) is 51.4 Å². The fourth-order valence-electron chi connectivity index (χ4n) is 2.87. The minimum absolute atomic E-state index is 0.0223. The zero-order valence-corrected chi connectivity index (χ0v) is 16.3. The second-order valence-electron chi connectivity index (χ2n) is 6.45. The number of nitrogens with zero attached hydrogens (tertiary/aromatic N) is 1. The number of carbonyl (C=O) groups is 1. The molecule has 0 bridgehead atoms. The van der Waals surface area contributed by atoms with Gasteiger partial charge in [0, 0.05) is 31.4 Å². The van der Waals surface area contributed by atoms with Gasteiger partial charge in [0.15, 0.2) is 0 Å². The lowest BCUT2D eigenvalue weighted by Crippen LogP contribution is -2.33. The zero-order valence-electron chi connectivity index (χ0n) is 14.6. The van der Waals surface area contributed by atoms with Crippen molar-refractivity contribution in [1.29, 1.82) is 0 Å². The predicted molar refractivity (Wildman–Crippen MR) is 99.1 cm³/mol. The minimum atomic E-state index is -3.55. The molecule has 2 heterocycles. The van der Waals surface area contributed by atoms with Crippen LogP contribution in [0, 0.1) is 13.8 Å².